The van der Waals surface area contributed by atoms with Crippen LogP contribution in [0.25, 0.3) is 11.6 Å². The number of hydrogen-bond acceptors (Lipinski definition) is 8. The zero-order chi connectivity index (χ0) is 41.2. The van der Waals surface area contributed by atoms with E-state index in [2.05, 4.69) is 4.98 Å². The van der Waals surface area contributed by atoms with Crippen molar-refractivity contribution in [3.8, 4) is 17.2 Å². The van der Waals surface area contributed by atoms with Crippen molar-refractivity contribution < 1.29 is 60.7 Å². The van der Waals surface area contributed by atoms with Crippen LogP contribution in [0.5, 0.6) is 17.2 Å². The number of carbonyl (C=O) groups excluding carboxylic acids is 2. The predicted molar refractivity (Wildman–Crippen MR) is 205 cm³/mol. The summed E-state index contributed by atoms with van der Waals surface area (Å²) in [5, 5.41) is 33.2. The number of benzene rings is 3. The Bertz CT molecular complexity index is 2160. The molecular weight excluding hydrogens is 873 g/mol. The molecule has 2 heterocycles. The number of alkyl halides is 6. The summed E-state index contributed by atoms with van der Waals surface area (Å²) in [5.74, 6) is -5.51. The summed E-state index contributed by atoms with van der Waals surface area (Å²) in [4.78, 5) is 32.9. The van der Waals surface area contributed by atoms with Gasteiger partial charge >= 0.3 is 12.4 Å². The topological polar surface area (TPSA) is 129 Å². The first-order chi connectivity index (χ1) is 27.0. The third kappa shape index (κ3) is 8.97. The highest BCUT2D eigenvalue weighted by Crippen LogP contribution is 2.49. The van der Waals surface area contributed by atoms with Crippen molar-refractivity contribution in [1.82, 2.24) is 4.98 Å². The number of aliphatic hydroxyl groups excluding tert-OH is 2. The van der Waals surface area contributed by atoms with Crippen LogP contribution in [0, 0.1) is 21.3 Å². The van der Waals surface area contributed by atoms with Crippen LogP contribution in [0.3, 0.4) is 0 Å². The van der Waals surface area contributed by atoms with E-state index in [1.807, 2.05) is 22.6 Å². The van der Waals surface area contributed by atoms with Crippen molar-refractivity contribution in [2.24, 2.45) is 17.8 Å². The smallest absolute Gasteiger partial charge is 0.416 e. The fourth-order valence-corrected chi connectivity index (χ4v) is 8.04. The van der Waals surface area contributed by atoms with Gasteiger partial charge in [0.1, 0.15) is 12.4 Å². The molecule has 1 aliphatic carbocycles. The van der Waals surface area contributed by atoms with Gasteiger partial charge in [-0.3, -0.25) is 14.6 Å². The van der Waals surface area contributed by atoms with Crippen LogP contribution >= 0.6 is 22.6 Å². The molecule has 0 saturated carbocycles. The number of fused-ring (bicyclic) bond motifs is 1. The monoisotopic (exact) mass is 908 g/mol. The number of rotatable bonds is 12. The summed E-state index contributed by atoms with van der Waals surface area (Å²) in [6, 6.07) is 17.6. The zero-order valence-electron chi connectivity index (χ0n) is 30.0. The highest BCUT2D eigenvalue weighted by molar-refractivity contribution is 14.1. The van der Waals surface area contributed by atoms with Gasteiger partial charge in [-0.05, 0) is 125 Å². The number of phenols is 1. The van der Waals surface area contributed by atoms with Crippen LogP contribution in [0.1, 0.15) is 41.6 Å². The number of hydrogen-bond donors (Lipinski definition) is 3. The Balaban J connectivity index is 1.38. The van der Waals surface area contributed by atoms with Crippen molar-refractivity contribution >= 4 is 51.7 Å². The SMILES string of the molecule is COc1cc(/C=C(/CC[C@@H](O)C2=C(COc3ccccc3)C[C@H]3C(=O)N(c4cc(C(F)(F)F)cc(C(F)(F)F)c4)C(=O)[C@H]3[C@H]2CO)c2ccccn2)cc(I)c1O. The van der Waals surface area contributed by atoms with Gasteiger partial charge in [-0.1, -0.05) is 24.3 Å². The first-order valence-electron chi connectivity index (χ1n) is 17.6. The third-order valence-corrected chi connectivity index (χ3v) is 10.8. The predicted octanol–water partition coefficient (Wildman–Crippen LogP) is 8.31. The Kier molecular flexibility index (Phi) is 12.3. The molecule has 9 nitrogen and oxygen atoms in total. The number of allylic oxidation sites excluding steroid dienone is 1. The molecule has 300 valence electrons. The number of amides is 2. The van der Waals surface area contributed by atoms with Gasteiger partial charge in [-0.15, -0.1) is 0 Å². The van der Waals surface area contributed by atoms with Crippen LogP contribution in [-0.4, -0.2) is 58.5 Å². The number of pyridine rings is 1. The second kappa shape index (κ2) is 16.9. The lowest BCUT2D eigenvalue weighted by atomic mass is 9.68. The lowest BCUT2D eigenvalue weighted by Gasteiger charge is -2.36. The first kappa shape index (κ1) is 41.7. The lowest BCUT2D eigenvalue weighted by molar-refractivity contribution is -0.143. The fraction of sp³-hybridized carbons (Fsp3) is 0.293. The number of nitrogens with zero attached hydrogens (tertiary/aromatic N) is 2. The molecule has 0 unspecified atom stereocenters. The van der Waals surface area contributed by atoms with Gasteiger partial charge in [0.15, 0.2) is 11.5 Å². The summed E-state index contributed by atoms with van der Waals surface area (Å²) >= 11 is 1.96. The van der Waals surface area contributed by atoms with Crippen molar-refractivity contribution in [3.63, 3.8) is 0 Å². The molecule has 3 aromatic carbocycles. The Morgan fingerprint density at radius 2 is 1.63 bits per heavy atom. The minimum absolute atomic E-state index is 0.0127. The summed E-state index contributed by atoms with van der Waals surface area (Å²) < 4.78 is 94.7. The molecule has 4 aromatic rings. The van der Waals surface area contributed by atoms with Gasteiger partial charge in [0.25, 0.3) is 0 Å². The molecule has 0 radical (unpaired) electrons. The lowest BCUT2D eigenvalue weighted by Crippen LogP contribution is -2.40. The molecule has 2 aliphatic rings. The first-order valence-corrected chi connectivity index (χ1v) is 18.6. The molecule has 3 N–H and O–H groups in total. The Hall–Kier alpha value is -4.94. The molecule has 4 atom stereocenters. The van der Waals surface area contributed by atoms with E-state index in [0.717, 1.165) is 0 Å². The van der Waals surface area contributed by atoms with Crippen LogP contribution < -0.4 is 14.4 Å². The maximum atomic E-state index is 14.1. The van der Waals surface area contributed by atoms with E-state index in [1.165, 1.54) is 7.11 Å². The molecule has 57 heavy (non-hydrogen) atoms. The van der Waals surface area contributed by atoms with E-state index < -0.39 is 71.4 Å². The van der Waals surface area contributed by atoms with Crippen molar-refractivity contribution in [3.05, 3.63) is 122 Å². The van der Waals surface area contributed by atoms with Gasteiger partial charge < -0.3 is 24.8 Å². The average Bonchev–Trinajstić information content (AvgIpc) is 3.44. The zero-order valence-corrected chi connectivity index (χ0v) is 32.2. The molecule has 1 fully saturated rings. The van der Waals surface area contributed by atoms with Crippen LogP contribution in [0.4, 0.5) is 32.0 Å². The van der Waals surface area contributed by atoms with Crippen LogP contribution in [0.15, 0.2) is 96.2 Å². The Morgan fingerprint density at radius 3 is 2.23 bits per heavy atom. The summed E-state index contributed by atoms with van der Waals surface area (Å²) in [6.07, 6.45) is -8.54. The number of methoxy groups -OCH3 is 1. The van der Waals surface area contributed by atoms with Gasteiger partial charge in [-0.25, -0.2) is 4.90 Å². The van der Waals surface area contributed by atoms with E-state index >= 15 is 0 Å². The van der Waals surface area contributed by atoms with Gasteiger partial charge in [-0.2, -0.15) is 26.3 Å². The number of anilines is 1. The second-order valence-corrected chi connectivity index (χ2v) is 14.7. The number of aromatic nitrogens is 1. The molecule has 1 saturated heterocycles. The minimum atomic E-state index is -5.24. The van der Waals surface area contributed by atoms with Crippen LogP contribution in [-0.2, 0) is 21.9 Å². The number of para-hydroxylation sites is 1. The normalized spacial score (nSPS) is 19.5. The van der Waals surface area contributed by atoms with Crippen molar-refractivity contribution in [1.29, 1.82) is 0 Å². The number of halogens is 7. The van der Waals surface area contributed by atoms with Gasteiger partial charge in [0, 0.05) is 12.1 Å². The summed E-state index contributed by atoms with van der Waals surface area (Å²) in [7, 11) is 1.41. The average molecular weight is 909 g/mol. The number of ether oxygens (including phenoxy) is 2. The summed E-state index contributed by atoms with van der Waals surface area (Å²) in [5.41, 5.74) is -1.94. The number of phenolic OH excluding ortho intramolecular Hbond substituents is 1. The third-order valence-electron chi connectivity index (χ3n) is 10.0. The molecule has 6 rings (SSSR count). The van der Waals surface area contributed by atoms with E-state index in [1.54, 1.807) is 72.9 Å². The number of imide groups is 1. The molecular formula is C41H35F6IN2O7. The van der Waals surface area contributed by atoms with Gasteiger partial charge in [0.05, 0.1) is 57.7 Å². The molecule has 1 aliphatic heterocycles. The maximum Gasteiger partial charge on any atom is 0.416 e. The molecule has 1 aromatic heterocycles. The largest absolute Gasteiger partial charge is 0.504 e. The molecule has 0 spiro atoms. The van der Waals surface area contributed by atoms with Crippen molar-refractivity contribution in [2.75, 3.05) is 25.2 Å². The Morgan fingerprint density at radius 1 is 0.965 bits per heavy atom. The minimum Gasteiger partial charge on any atom is -0.504 e. The number of aliphatic hydroxyl groups is 2. The fourth-order valence-electron chi connectivity index (χ4n) is 7.41. The Labute approximate surface area is 336 Å². The number of aromatic hydroxyl groups is 1. The van der Waals surface area contributed by atoms with E-state index in [-0.39, 0.29) is 49.0 Å². The molecule has 2 amide bonds. The summed E-state index contributed by atoms with van der Waals surface area (Å²) in [6.45, 7) is -1.01. The van der Waals surface area contributed by atoms with Crippen molar-refractivity contribution in [2.45, 2.75) is 37.7 Å². The van der Waals surface area contributed by atoms with E-state index in [9.17, 15) is 51.3 Å². The second-order valence-electron chi connectivity index (χ2n) is 13.6. The maximum absolute atomic E-state index is 14.1. The molecule has 16 heteroatoms. The molecule has 0 bridgehead atoms. The van der Waals surface area contributed by atoms with E-state index in [0.29, 0.717) is 48.8 Å². The van der Waals surface area contributed by atoms with Gasteiger partial charge in [0.2, 0.25) is 11.8 Å². The standard InChI is InChI=1S/C41H35F6IN2O7/c1-56-34-15-22(14-31(48)37(34)53)13-23(32-9-5-6-12-49-32)10-11-33(52)35-24(21-57-28-7-3-2-4-8-28)16-29-36(30(35)20-51)39(55)50(38(29)54)27-18-25(40(42,43)44)17-26(19-27)41(45,46)47/h2-9,12-15,17-19,29-30,33,36,51-53H,10-11,16,20-21H2,1H3/b23-13-/t29-,30+,33-,36-/m1/s1. The van der Waals surface area contributed by atoms with E-state index in [4.69, 9.17) is 9.47 Å². The highest BCUT2D eigenvalue weighted by atomic mass is 127. The van der Waals surface area contributed by atoms with Crippen LogP contribution in [0.2, 0.25) is 0 Å². The quantitative estimate of drug-likeness (QED) is 0.0561. The highest BCUT2D eigenvalue weighted by Gasteiger charge is 2.56. The number of carbonyl (C=O) groups is 2.